The summed E-state index contributed by atoms with van der Waals surface area (Å²) in [6, 6.07) is 7.67. The van der Waals surface area contributed by atoms with Gasteiger partial charge in [0.25, 0.3) is 11.8 Å². The van der Waals surface area contributed by atoms with Gasteiger partial charge >= 0.3 is 0 Å². The number of thiazole rings is 1. The van der Waals surface area contributed by atoms with E-state index in [1.165, 1.54) is 38.2 Å². The van der Waals surface area contributed by atoms with Crippen molar-refractivity contribution in [3.8, 4) is 5.75 Å². The number of pyridine rings is 1. The predicted octanol–water partition coefficient (Wildman–Crippen LogP) is 6.99. The number of rotatable bonds is 6. The van der Waals surface area contributed by atoms with Crippen LogP contribution in [0.5, 0.6) is 5.75 Å². The molecule has 33 heavy (non-hydrogen) atoms. The standard InChI is InChI=1S/C25H29F2N3O2S/c1-14(2)15-8-10-16(11-9-15)24-30-19-12-20(32-4)18(13-21(19)33-24)29-23(31)17-6-5-7-22(28-17)25(3,26)27/h5-7,12-16H,8-11H2,1-4H3,(H,29,31)/t15-,16-. The predicted molar refractivity (Wildman–Crippen MR) is 127 cm³/mol. The number of carbonyl (C=O) groups is 1. The monoisotopic (exact) mass is 473 g/mol. The summed E-state index contributed by atoms with van der Waals surface area (Å²) in [7, 11) is 1.52. The molecule has 2 heterocycles. The van der Waals surface area contributed by atoms with Crippen LogP contribution in [0, 0.1) is 11.8 Å². The molecule has 5 nitrogen and oxygen atoms in total. The maximum absolute atomic E-state index is 13.6. The van der Waals surface area contributed by atoms with Gasteiger partial charge in [0, 0.05) is 18.9 Å². The second-order valence-electron chi connectivity index (χ2n) is 9.18. The molecule has 1 aliphatic carbocycles. The van der Waals surface area contributed by atoms with Crippen LogP contribution in [0.1, 0.15) is 73.6 Å². The van der Waals surface area contributed by atoms with E-state index in [0.29, 0.717) is 17.4 Å². The van der Waals surface area contributed by atoms with Crippen molar-refractivity contribution in [2.24, 2.45) is 11.8 Å². The van der Waals surface area contributed by atoms with E-state index in [0.717, 1.165) is 46.8 Å². The number of fused-ring (bicyclic) bond motifs is 1. The number of carbonyl (C=O) groups excluding carboxylic acids is 1. The third-order valence-corrected chi connectivity index (χ3v) is 7.65. The molecular weight excluding hydrogens is 444 g/mol. The normalized spacial score (nSPS) is 19.1. The maximum atomic E-state index is 13.6. The highest BCUT2D eigenvalue weighted by Crippen LogP contribution is 2.42. The van der Waals surface area contributed by atoms with Crippen molar-refractivity contribution in [2.75, 3.05) is 12.4 Å². The number of anilines is 1. The van der Waals surface area contributed by atoms with E-state index in [9.17, 15) is 13.6 Å². The Morgan fingerprint density at radius 3 is 2.55 bits per heavy atom. The first-order chi connectivity index (χ1) is 15.7. The topological polar surface area (TPSA) is 64.1 Å². The highest BCUT2D eigenvalue weighted by molar-refractivity contribution is 7.18. The number of methoxy groups -OCH3 is 1. The van der Waals surface area contributed by atoms with E-state index in [1.807, 2.05) is 12.1 Å². The van der Waals surface area contributed by atoms with E-state index < -0.39 is 17.5 Å². The van der Waals surface area contributed by atoms with Crippen LogP contribution in [0.25, 0.3) is 10.2 Å². The Bertz CT molecular complexity index is 1150. The van der Waals surface area contributed by atoms with Crippen LogP contribution < -0.4 is 10.1 Å². The van der Waals surface area contributed by atoms with Gasteiger partial charge in [0.05, 0.1) is 28.0 Å². The zero-order valence-corrected chi connectivity index (χ0v) is 20.1. The fraction of sp³-hybridized carbons (Fsp3) is 0.480. The lowest BCUT2D eigenvalue weighted by molar-refractivity contribution is 0.0126. The van der Waals surface area contributed by atoms with Crippen LogP contribution in [0.2, 0.25) is 0 Å². The third-order valence-electron chi connectivity index (χ3n) is 6.47. The minimum Gasteiger partial charge on any atom is -0.494 e. The van der Waals surface area contributed by atoms with Gasteiger partial charge in [-0.1, -0.05) is 19.9 Å². The first-order valence-corrected chi connectivity index (χ1v) is 12.1. The molecule has 0 spiro atoms. The Labute approximate surface area is 196 Å². The van der Waals surface area contributed by atoms with Crippen LogP contribution in [-0.2, 0) is 5.92 Å². The first kappa shape index (κ1) is 23.5. The smallest absolute Gasteiger partial charge is 0.287 e. The van der Waals surface area contributed by atoms with Gasteiger partial charge in [0.2, 0.25) is 0 Å². The van der Waals surface area contributed by atoms with Crippen molar-refractivity contribution < 1.29 is 18.3 Å². The van der Waals surface area contributed by atoms with Crippen LogP contribution in [-0.4, -0.2) is 23.0 Å². The molecule has 176 valence electrons. The molecule has 1 N–H and O–H groups in total. The first-order valence-electron chi connectivity index (χ1n) is 11.3. The Hall–Kier alpha value is -2.61. The number of aromatic nitrogens is 2. The number of hydrogen-bond acceptors (Lipinski definition) is 5. The molecule has 0 unspecified atom stereocenters. The molecule has 1 amide bonds. The summed E-state index contributed by atoms with van der Waals surface area (Å²) in [6.07, 6.45) is 4.75. The Kier molecular flexibility index (Phi) is 6.66. The summed E-state index contributed by atoms with van der Waals surface area (Å²) in [5, 5.41) is 3.89. The highest BCUT2D eigenvalue weighted by Gasteiger charge is 2.28. The minimum absolute atomic E-state index is 0.0805. The summed E-state index contributed by atoms with van der Waals surface area (Å²) in [6.45, 7) is 5.35. The van der Waals surface area contributed by atoms with E-state index in [1.54, 1.807) is 11.3 Å². The van der Waals surface area contributed by atoms with Gasteiger partial charge in [-0.15, -0.1) is 11.3 Å². The molecule has 1 aromatic carbocycles. The number of amides is 1. The quantitative estimate of drug-likeness (QED) is 0.419. The number of halogens is 2. The van der Waals surface area contributed by atoms with Gasteiger partial charge < -0.3 is 10.1 Å². The van der Waals surface area contributed by atoms with Gasteiger partial charge in [0.1, 0.15) is 17.1 Å². The average molecular weight is 474 g/mol. The lowest BCUT2D eigenvalue weighted by Gasteiger charge is -2.29. The summed E-state index contributed by atoms with van der Waals surface area (Å²) in [4.78, 5) is 21.4. The van der Waals surface area contributed by atoms with E-state index in [2.05, 4.69) is 24.1 Å². The second kappa shape index (κ2) is 9.33. The number of ether oxygens (including phenoxy) is 1. The molecule has 3 aromatic rings. The van der Waals surface area contributed by atoms with Gasteiger partial charge in [-0.2, -0.15) is 8.78 Å². The Balaban J connectivity index is 1.56. The molecule has 0 aliphatic heterocycles. The SMILES string of the molecule is COc1cc2nc([C@H]3CC[C@H](C(C)C)CC3)sc2cc1NC(=O)c1cccc(C(C)(F)F)n1. The molecule has 0 atom stereocenters. The van der Waals surface area contributed by atoms with E-state index >= 15 is 0 Å². The van der Waals surface area contributed by atoms with Crippen LogP contribution in [0.3, 0.4) is 0 Å². The molecular formula is C25H29F2N3O2S. The molecule has 1 fully saturated rings. The van der Waals surface area contributed by atoms with Crippen molar-refractivity contribution in [1.82, 2.24) is 9.97 Å². The number of hydrogen-bond donors (Lipinski definition) is 1. The van der Waals surface area contributed by atoms with E-state index in [-0.39, 0.29) is 5.69 Å². The number of alkyl halides is 2. The summed E-state index contributed by atoms with van der Waals surface area (Å²) >= 11 is 1.64. The minimum atomic E-state index is -3.12. The lowest BCUT2D eigenvalue weighted by atomic mass is 9.77. The zero-order valence-electron chi connectivity index (χ0n) is 19.3. The summed E-state index contributed by atoms with van der Waals surface area (Å²) < 4.78 is 33.7. The van der Waals surface area contributed by atoms with Crippen molar-refractivity contribution in [3.05, 3.63) is 46.7 Å². The molecule has 0 radical (unpaired) electrons. The third kappa shape index (κ3) is 5.16. The van der Waals surface area contributed by atoms with Crippen molar-refractivity contribution in [3.63, 3.8) is 0 Å². The zero-order chi connectivity index (χ0) is 23.8. The second-order valence-corrected chi connectivity index (χ2v) is 10.2. The molecule has 0 saturated heterocycles. The molecule has 1 aliphatic rings. The number of benzene rings is 1. The Morgan fingerprint density at radius 1 is 1.18 bits per heavy atom. The molecule has 8 heteroatoms. The largest absolute Gasteiger partial charge is 0.494 e. The highest BCUT2D eigenvalue weighted by atomic mass is 32.1. The maximum Gasteiger partial charge on any atom is 0.287 e. The molecule has 2 aromatic heterocycles. The van der Waals surface area contributed by atoms with Gasteiger partial charge in [-0.05, 0) is 55.7 Å². The van der Waals surface area contributed by atoms with Gasteiger partial charge in [-0.3, -0.25) is 4.79 Å². The average Bonchev–Trinajstić information content (AvgIpc) is 3.21. The van der Waals surface area contributed by atoms with Crippen molar-refractivity contribution in [1.29, 1.82) is 0 Å². The van der Waals surface area contributed by atoms with Gasteiger partial charge in [-0.25, -0.2) is 9.97 Å². The fourth-order valence-electron chi connectivity index (χ4n) is 4.44. The van der Waals surface area contributed by atoms with Crippen molar-refractivity contribution >= 4 is 33.1 Å². The van der Waals surface area contributed by atoms with E-state index in [4.69, 9.17) is 9.72 Å². The molecule has 1 saturated carbocycles. The Morgan fingerprint density at radius 2 is 1.91 bits per heavy atom. The summed E-state index contributed by atoms with van der Waals surface area (Å²) in [5.74, 6) is -1.26. The van der Waals surface area contributed by atoms with Crippen LogP contribution >= 0.6 is 11.3 Å². The molecule has 0 bridgehead atoms. The number of nitrogens with one attached hydrogen (secondary N) is 1. The summed E-state index contributed by atoms with van der Waals surface area (Å²) in [5.41, 5.74) is 0.769. The van der Waals surface area contributed by atoms with Crippen LogP contribution in [0.15, 0.2) is 30.3 Å². The number of nitrogens with zero attached hydrogens (tertiary/aromatic N) is 2. The van der Waals surface area contributed by atoms with Gasteiger partial charge in [0.15, 0.2) is 0 Å². The molecule has 4 rings (SSSR count). The fourth-order valence-corrected chi connectivity index (χ4v) is 5.60. The van der Waals surface area contributed by atoms with Crippen molar-refractivity contribution in [2.45, 2.75) is 58.3 Å². The van der Waals surface area contributed by atoms with Crippen LogP contribution in [0.4, 0.5) is 14.5 Å². The lowest BCUT2D eigenvalue weighted by Crippen LogP contribution is -2.17.